The van der Waals surface area contributed by atoms with Gasteiger partial charge in [-0.05, 0) is 37.6 Å². The van der Waals surface area contributed by atoms with Gasteiger partial charge < -0.3 is 20.3 Å². The largest absolute Gasteiger partial charge is 0.379 e. The molecule has 2 aliphatic heterocycles. The van der Waals surface area contributed by atoms with Crippen molar-refractivity contribution >= 4 is 23.3 Å². The van der Waals surface area contributed by atoms with Crippen molar-refractivity contribution in [1.82, 2.24) is 10.2 Å². The Hall–Kier alpha value is -2.12. The van der Waals surface area contributed by atoms with Crippen molar-refractivity contribution in [3.63, 3.8) is 0 Å². The normalized spacial score (nSPS) is 18.4. The van der Waals surface area contributed by atoms with E-state index in [1.54, 1.807) is 4.90 Å². The number of ether oxygens (including phenoxy) is 1. The number of nitrogens with one attached hydrogen (secondary N) is 2. The molecule has 2 heterocycles. The molecule has 2 aliphatic rings. The highest BCUT2D eigenvalue weighted by Gasteiger charge is 2.21. The minimum atomic E-state index is -0.216. The summed E-state index contributed by atoms with van der Waals surface area (Å²) in [7, 11) is 0. The summed E-state index contributed by atoms with van der Waals surface area (Å²) in [6.45, 7) is 5.87. The van der Waals surface area contributed by atoms with Crippen LogP contribution in [0.1, 0.15) is 19.3 Å². The third-order valence-electron chi connectivity index (χ3n) is 4.53. The summed E-state index contributed by atoms with van der Waals surface area (Å²) in [5, 5.41) is 5.72. The summed E-state index contributed by atoms with van der Waals surface area (Å²) >= 11 is 0. The van der Waals surface area contributed by atoms with Crippen molar-refractivity contribution in [3.05, 3.63) is 24.3 Å². The second-order valence-corrected chi connectivity index (χ2v) is 6.39. The second kappa shape index (κ2) is 8.82. The number of morpholine rings is 1. The molecular weight excluding hydrogens is 320 g/mol. The van der Waals surface area contributed by atoms with Crippen LogP contribution in [-0.2, 0) is 9.53 Å². The van der Waals surface area contributed by atoms with Gasteiger partial charge in [-0.3, -0.25) is 9.69 Å². The van der Waals surface area contributed by atoms with Crippen LogP contribution in [0.25, 0.3) is 0 Å². The summed E-state index contributed by atoms with van der Waals surface area (Å²) in [5.41, 5.74) is 1.54. The first kappa shape index (κ1) is 17.7. The number of amides is 3. The van der Waals surface area contributed by atoms with E-state index < -0.39 is 0 Å². The van der Waals surface area contributed by atoms with Gasteiger partial charge in [0.05, 0.1) is 13.2 Å². The Morgan fingerprint density at radius 3 is 2.80 bits per heavy atom. The lowest BCUT2D eigenvalue weighted by Gasteiger charge is -2.26. The number of rotatable bonds is 6. The Bertz CT molecular complexity index is 602. The fraction of sp³-hybridized carbons (Fsp3) is 0.556. The van der Waals surface area contributed by atoms with Crippen molar-refractivity contribution in [2.24, 2.45) is 0 Å². The number of benzene rings is 1. The quantitative estimate of drug-likeness (QED) is 0.768. The number of carbonyl (C=O) groups is 2. The predicted molar refractivity (Wildman–Crippen MR) is 96.9 cm³/mol. The third kappa shape index (κ3) is 5.17. The van der Waals surface area contributed by atoms with Gasteiger partial charge in [0, 0.05) is 44.0 Å². The van der Waals surface area contributed by atoms with E-state index in [1.807, 2.05) is 24.3 Å². The topological polar surface area (TPSA) is 73.9 Å². The van der Waals surface area contributed by atoms with E-state index in [1.165, 1.54) is 0 Å². The van der Waals surface area contributed by atoms with E-state index in [0.29, 0.717) is 18.7 Å². The zero-order valence-corrected chi connectivity index (χ0v) is 14.5. The lowest BCUT2D eigenvalue weighted by atomic mass is 10.2. The summed E-state index contributed by atoms with van der Waals surface area (Å²) in [6.07, 6.45) is 2.40. The second-order valence-electron chi connectivity index (χ2n) is 6.39. The minimum absolute atomic E-state index is 0.143. The highest BCUT2D eigenvalue weighted by molar-refractivity contribution is 5.96. The molecule has 0 atom stereocenters. The number of nitrogens with zero attached hydrogens (tertiary/aromatic N) is 2. The molecule has 0 aliphatic carbocycles. The Labute approximate surface area is 148 Å². The first-order chi connectivity index (χ1) is 12.2. The van der Waals surface area contributed by atoms with Crippen LogP contribution in [0, 0.1) is 0 Å². The molecule has 2 saturated heterocycles. The van der Waals surface area contributed by atoms with E-state index >= 15 is 0 Å². The van der Waals surface area contributed by atoms with E-state index in [-0.39, 0.29) is 11.9 Å². The molecule has 1 aromatic rings. The zero-order valence-electron chi connectivity index (χ0n) is 14.5. The maximum atomic E-state index is 12.0. The summed E-state index contributed by atoms with van der Waals surface area (Å²) < 4.78 is 5.32. The first-order valence-corrected chi connectivity index (χ1v) is 8.98. The SMILES string of the molecule is O=C(NCCCN1CCOCC1)Nc1cccc(N2CCCC2=O)c1. The van der Waals surface area contributed by atoms with Gasteiger partial charge in [0.1, 0.15) is 0 Å². The average molecular weight is 346 g/mol. The Kier molecular flexibility index (Phi) is 6.25. The molecule has 25 heavy (non-hydrogen) atoms. The molecule has 0 saturated carbocycles. The summed E-state index contributed by atoms with van der Waals surface area (Å²) in [6, 6.07) is 7.21. The molecule has 7 nitrogen and oxygen atoms in total. The Morgan fingerprint density at radius 2 is 2.04 bits per heavy atom. The number of carbonyl (C=O) groups excluding carboxylic acids is 2. The molecular formula is C18H26N4O3. The van der Waals surface area contributed by atoms with Crippen LogP contribution in [0.3, 0.4) is 0 Å². The number of hydrogen-bond donors (Lipinski definition) is 2. The molecule has 0 spiro atoms. The average Bonchev–Trinajstić information content (AvgIpc) is 3.06. The first-order valence-electron chi connectivity index (χ1n) is 8.98. The van der Waals surface area contributed by atoms with Gasteiger partial charge in [-0.1, -0.05) is 6.07 Å². The molecule has 0 radical (unpaired) electrons. The van der Waals surface area contributed by atoms with Crippen LogP contribution in [0.15, 0.2) is 24.3 Å². The molecule has 3 rings (SSSR count). The van der Waals surface area contributed by atoms with Gasteiger partial charge >= 0.3 is 6.03 Å². The van der Waals surface area contributed by atoms with E-state index in [4.69, 9.17) is 4.74 Å². The maximum Gasteiger partial charge on any atom is 0.319 e. The fourth-order valence-electron chi connectivity index (χ4n) is 3.18. The Morgan fingerprint density at radius 1 is 1.20 bits per heavy atom. The zero-order chi connectivity index (χ0) is 17.5. The van der Waals surface area contributed by atoms with Gasteiger partial charge in [-0.2, -0.15) is 0 Å². The fourth-order valence-corrected chi connectivity index (χ4v) is 3.18. The molecule has 3 amide bonds. The third-order valence-corrected chi connectivity index (χ3v) is 4.53. The number of hydrogen-bond acceptors (Lipinski definition) is 4. The number of anilines is 2. The van der Waals surface area contributed by atoms with Gasteiger partial charge in [0.2, 0.25) is 5.91 Å². The monoisotopic (exact) mass is 346 g/mol. The molecule has 7 heteroatoms. The highest BCUT2D eigenvalue weighted by Crippen LogP contribution is 2.24. The lowest BCUT2D eigenvalue weighted by molar-refractivity contribution is -0.117. The van der Waals surface area contributed by atoms with Crippen LogP contribution in [-0.4, -0.2) is 62.8 Å². The van der Waals surface area contributed by atoms with Crippen molar-refractivity contribution in [1.29, 1.82) is 0 Å². The summed E-state index contributed by atoms with van der Waals surface area (Å²) in [4.78, 5) is 28.0. The smallest absolute Gasteiger partial charge is 0.319 e. The molecule has 0 aromatic heterocycles. The van der Waals surface area contributed by atoms with Gasteiger partial charge in [0.15, 0.2) is 0 Å². The van der Waals surface area contributed by atoms with E-state index in [2.05, 4.69) is 15.5 Å². The Balaban J connectivity index is 1.41. The molecule has 1 aromatic carbocycles. The highest BCUT2D eigenvalue weighted by atomic mass is 16.5. The standard InChI is InChI=1S/C18H26N4O3/c23-17-6-2-9-22(17)16-5-1-4-15(14-16)20-18(24)19-7-3-8-21-10-12-25-13-11-21/h1,4-5,14H,2-3,6-13H2,(H2,19,20,24). The number of urea groups is 1. The molecule has 2 fully saturated rings. The summed E-state index contributed by atoms with van der Waals surface area (Å²) in [5.74, 6) is 0.143. The molecule has 0 unspecified atom stereocenters. The van der Waals surface area contributed by atoms with Crippen LogP contribution in [0.5, 0.6) is 0 Å². The van der Waals surface area contributed by atoms with Crippen LogP contribution >= 0.6 is 0 Å². The van der Waals surface area contributed by atoms with Crippen LogP contribution < -0.4 is 15.5 Å². The van der Waals surface area contributed by atoms with Crippen molar-refractivity contribution in [3.8, 4) is 0 Å². The van der Waals surface area contributed by atoms with Crippen LogP contribution in [0.2, 0.25) is 0 Å². The van der Waals surface area contributed by atoms with Crippen molar-refractivity contribution in [2.45, 2.75) is 19.3 Å². The van der Waals surface area contributed by atoms with E-state index in [9.17, 15) is 9.59 Å². The molecule has 136 valence electrons. The lowest BCUT2D eigenvalue weighted by Crippen LogP contribution is -2.38. The van der Waals surface area contributed by atoms with E-state index in [0.717, 1.165) is 57.9 Å². The van der Waals surface area contributed by atoms with Gasteiger partial charge in [0.25, 0.3) is 0 Å². The van der Waals surface area contributed by atoms with Crippen molar-refractivity contribution < 1.29 is 14.3 Å². The van der Waals surface area contributed by atoms with Crippen LogP contribution in [0.4, 0.5) is 16.2 Å². The van der Waals surface area contributed by atoms with Gasteiger partial charge in [-0.25, -0.2) is 4.79 Å². The predicted octanol–water partition coefficient (Wildman–Crippen LogP) is 1.66. The minimum Gasteiger partial charge on any atom is -0.379 e. The van der Waals surface area contributed by atoms with Gasteiger partial charge in [-0.15, -0.1) is 0 Å². The molecule has 2 N–H and O–H groups in total. The van der Waals surface area contributed by atoms with Crippen molar-refractivity contribution in [2.75, 3.05) is 56.2 Å². The molecule has 0 bridgehead atoms. The maximum absolute atomic E-state index is 12.0.